The van der Waals surface area contributed by atoms with Crippen LogP contribution in [0.25, 0.3) is 0 Å². The minimum Gasteiger partial charge on any atom is -0.388 e. The summed E-state index contributed by atoms with van der Waals surface area (Å²) in [5.41, 5.74) is 0.634. The van der Waals surface area contributed by atoms with Gasteiger partial charge in [-0.15, -0.1) is 0 Å². The van der Waals surface area contributed by atoms with E-state index in [4.69, 9.17) is 0 Å². The molecule has 0 saturated carbocycles. The zero-order valence-corrected chi connectivity index (χ0v) is 12.6. The van der Waals surface area contributed by atoms with Crippen LogP contribution in [0.2, 0.25) is 0 Å². The minimum atomic E-state index is -3.51. The molecule has 4 nitrogen and oxygen atoms in total. The summed E-state index contributed by atoms with van der Waals surface area (Å²) in [5.74, 6) is 0. The standard InChI is InChI=1S/C14H23NO3S/c1-4-12(5-2)15-19(17,18)13-9-7-8-11(10-13)14(16)6-3/h7-10,12,14-16H,4-6H2,1-3H3. The number of benzene rings is 1. The normalized spacial score (nSPS) is 13.7. The molecule has 1 unspecified atom stereocenters. The summed E-state index contributed by atoms with van der Waals surface area (Å²) < 4.78 is 27.1. The molecule has 1 aromatic rings. The maximum atomic E-state index is 12.2. The summed E-state index contributed by atoms with van der Waals surface area (Å²) >= 11 is 0. The third kappa shape index (κ3) is 4.30. The van der Waals surface area contributed by atoms with Gasteiger partial charge in [0.1, 0.15) is 0 Å². The number of nitrogens with one attached hydrogen (secondary N) is 1. The first-order valence-corrected chi connectivity index (χ1v) is 8.23. The quantitative estimate of drug-likeness (QED) is 0.809. The Hall–Kier alpha value is -0.910. The van der Waals surface area contributed by atoms with Crippen molar-refractivity contribution in [3.05, 3.63) is 29.8 Å². The summed E-state index contributed by atoms with van der Waals surface area (Å²) in [6, 6.07) is 6.44. The van der Waals surface area contributed by atoms with Gasteiger partial charge in [-0.25, -0.2) is 13.1 Å². The highest BCUT2D eigenvalue weighted by molar-refractivity contribution is 7.89. The fourth-order valence-corrected chi connectivity index (χ4v) is 3.32. The van der Waals surface area contributed by atoms with Gasteiger partial charge in [0.15, 0.2) is 0 Å². The van der Waals surface area contributed by atoms with Crippen molar-refractivity contribution in [1.29, 1.82) is 0 Å². The van der Waals surface area contributed by atoms with E-state index in [9.17, 15) is 13.5 Å². The molecule has 0 bridgehead atoms. The summed E-state index contributed by atoms with van der Waals surface area (Å²) in [6.07, 6.45) is 1.45. The van der Waals surface area contributed by atoms with E-state index >= 15 is 0 Å². The second-order valence-electron chi connectivity index (χ2n) is 4.63. The number of hydrogen-bond acceptors (Lipinski definition) is 3. The lowest BCUT2D eigenvalue weighted by Gasteiger charge is -2.16. The highest BCUT2D eigenvalue weighted by Crippen LogP contribution is 2.20. The third-order valence-electron chi connectivity index (χ3n) is 3.25. The van der Waals surface area contributed by atoms with E-state index in [1.54, 1.807) is 24.3 Å². The van der Waals surface area contributed by atoms with Gasteiger partial charge in [0.05, 0.1) is 11.0 Å². The van der Waals surface area contributed by atoms with Gasteiger partial charge in [0, 0.05) is 6.04 Å². The molecule has 0 heterocycles. The lowest BCUT2D eigenvalue weighted by molar-refractivity contribution is 0.173. The van der Waals surface area contributed by atoms with Crippen molar-refractivity contribution >= 4 is 10.0 Å². The maximum Gasteiger partial charge on any atom is 0.240 e. The molecule has 2 N–H and O–H groups in total. The highest BCUT2D eigenvalue weighted by atomic mass is 32.2. The van der Waals surface area contributed by atoms with Crippen molar-refractivity contribution in [2.24, 2.45) is 0 Å². The molecule has 0 aliphatic carbocycles. The van der Waals surface area contributed by atoms with Crippen molar-refractivity contribution < 1.29 is 13.5 Å². The molecule has 0 fully saturated rings. The molecule has 19 heavy (non-hydrogen) atoms. The molecular weight excluding hydrogens is 262 g/mol. The number of rotatable bonds is 7. The smallest absolute Gasteiger partial charge is 0.240 e. The van der Waals surface area contributed by atoms with E-state index in [0.29, 0.717) is 12.0 Å². The van der Waals surface area contributed by atoms with Crippen molar-refractivity contribution in [3.8, 4) is 0 Å². The topological polar surface area (TPSA) is 66.4 Å². The van der Waals surface area contributed by atoms with Crippen LogP contribution in [-0.2, 0) is 10.0 Å². The molecule has 0 aliphatic rings. The Balaban J connectivity index is 3.01. The van der Waals surface area contributed by atoms with E-state index in [-0.39, 0.29) is 10.9 Å². The van der Waals surface area contributed by atoms with Crippen molar-refractivity contribution in [1.82, 2.24) is 4.72 Å². The van der Waals surface area contributed by atoms with E-state index < -0.39 is 16.1 Å². The van der Waals surface area contributed by atoms with Crippen LogP contribution >= 0.6 is 0 Å². The van der Waals surface area contributed by atoms with Gasteiger partial charge in [0.25, 0.3) is 0 Å². The van der Waals surface area contributed by atoms with Gasteiger partial charge < -0.3 is 5.11 Å². The fraction of sp³-hybridized carbons (Fsp3) is 0.571. The summed E-state index contributed by atoms with van der Waals surface area (Å²) in [5, 5.41) is 9.78. The molecule has 1 aromatic carbocycles. The second-order valence-corrected chi connectivity index (χ2v) is 6.35. The lowest BCUT2D eigenvalue weighted by atomic mass is 10.1. The van der Waals surface area contributed by atoms with Crippen molar-refractivity contribution in [2.75, 3.05) is 0 Å². The van der Waals surface area contributed by atoms with Gasteiger partial charge in [-0.2, -0.15) is 0 Å². The van der Waals surface area contributed by atoms with Crippen LogP contribution < -0.4 is 4.72 Å². The predicted octanol–water partition coefficient (Wildman–Crippen LogP) is 2.60. The molecule has 0 aromatic heterocycles. The number of aliphatic hydroxyl groups is 1. The van der Waals surface area contributed by atoms with E-state index in [1.165, 1.54) is 0 Å². The maximum absolute atomic E-state index is 12.2. The first-order valence-electron chi connectivity index (χ1n) is 6.74. The average Bonchev–Trinajstić information content (AvgIpc) is 2.44. The summed E-state index contributed by atoms with van der Waals surface area (Å²) in [6.45, 7) is 5.76. The van der Waals surface area contributed by atoms with Gasteiger partial charge in [-0.05, 0) is 37.0 Å². The van der Waals surface area contributed by atoms with Crippen LogP contribution in [0.1, 0.15) is 51.7 Å². The molecule has 0 amide bonds. The fourth-order valence-electron chi connectivity index (χ4n) is 1.87. The molecule has 0 spiro atoms. The Morgan fingerprint density at radius 1 is 1.16 bits per heavy atom. The molecule has 0 radical (unpaired) electrons. The Labute approximate surface area is 115 Å². The Morgan fingerprint density at radius 3 is 2.32 bits per heavy atom. The molecule has 5 heteroatoms. The number of aliphatic hydroxyl groups excluding tert-OH is 1. The van der Waals surface area contributed by atoms with E-state index in [0.717, 1.165) is 12.8 Å². The van der Waals surface area contributed by atoms with Gasteiger partial charge in [0.2, 0.25) is 10.0 Å². The third-order valence-corrected chi connectivity index (χ3v) is 4.77. The number of hydrogen-bond donors (Lipinski definition) is 2. The lowest BCUT2D eigenvalue weighted by Crippen LogP contribution is -2.33. The molecule has 1 rings (SSSR count). The van der Waals surface area contributed by atoms with Crippen molar-refractivity contribution in [2.45, 2.75) is 57.1 Å². The molecule has 1 atom stereocenters. The highest BCUT2D eigenvalue weighted by Gasteiger charge is 2.19. The van der Waals surface area contributed by atoms with Gasteiger partial charge in [-0.3, -0.25) is 0 Å². The molecule has 0 aliphatic heterocycles. The zero-order valence-electron chi connectivity index (χ0n) is 11.8. The monoisotopic (exact) mass is 285 g/mol. The number of sulfonamides is 1. The summed E-state index contributed by atoms with van der Waals surface area (Å²) in [7, 11) is -3.51. The Kier molecular flexibility index (Phi) is 5.97. The van der Waals surface area contributed by atoms with Crippen LogP contribution in [0.4, 0.5) is 0 Å². The van der Waals surface area contributed by atoms with Crippen molar-refractivity contribution in [3.63, 3.8) is 0 Å². The van der Waals surface area contributed by atoms with E-state index in [2.05, 4.69) is 4.72 Å². The average molecular weight is 285 g/mol. The van der Waals surface area contributed by atoms with Crippen LogP contribution in [0.15, 0.2) is 29.2 Å². The van der Waals surface area contributed by atoms with Crippen LogP contribution in [0, 0.1) is 0 Å². The minimum absolute atomic E-state index is 0.0512. The first-order chi connectivity index (χ1) is 8.94. The largest absolute Gasteiger partial charge is 0.388 e. The summed E-state index contributed by atoms with van der Waals surface area (Å²) in [4.78, 5) is 0.212. The van der Waals surface area contributed by atoms with Gasteiger partial charge >= 0.3 is 0 Å². The van der Waals surface area contributed by atoms with E-state index in [1.807, 2.05) is 20.8 Å². The Morgan fingerprint density at radius 2 is 1.79 bits per heavy atom. The second kappa shape index (κ2) is 7.03. The molecular formula is C14H23NO3S. The Bertz CT molecular complexity index is 495. The zero-order chi connectivity index (χ0) is 14.5. The predicted molar refractivity (Wildman–Crippen MR) is 76.4 cm³/mol. The van der Waals surface area contributed by atoms with Gasteiger partial charge in [-0.1, -0.05) is 32.9 Å². The molecule has 0 saturated heterocycles. The molecule has 108 valence electrons. The van der Waals surface area contributed by atoms with Crippen LogP contribution in [0.3, 0.4) is 0 Å². The van der Waals surface area contributed by atoms with Crippen LogP contribution in [-0.4, -0.2) is 19.6 Å². The van der Waals surface area contributed by atoms with Crippen LogP contribution in [0.5, 0.6) is 0 Å². The SMILES string of the molecule is CCC(CC)NS(=O)(=O)c1cccc(C(O)CC)c1. The first kappa shape index (κ1) is 16.1.